The van der Waals surface area contributed by atoms with Crippen LogP contribution >= 0.6 is 0 Å². The molecule has 29 heavy (non-hydrogen) atoms. The van der Waals surface area contributed by atoms with Gasteiger partial charge < -0.3 is 9.80 Å². The van der Waals surface area contributed by atoms with Crippen molar-refractivity contribution in [1.29, 1.82) is 0 Å². The van der Waals surface area contributed by atoms with Crippen LogP contribution in [0.4, 0.5) is 5.69 Å². The third-order valence-electron chi connectivity index (χ3n) is 6.72. The maximum Gasteiger partial charge on any atom is 0.226 e. The standard InChI is InChI=1S/C23H25N5O/c1-15-10-17(6-8-24-15)18-11-22-21(7-9-25-27(22)12-18)26-13-19-4-5-20(14-26)28(19)23(29)16-2-3-16/h6-12,16,19-20H,2-5,13-14H2,1H3. The van der Waals surface area contributed by atoms with E-state index in [1.807, 2.05) is 29.9 Å². The molecular formula is C23H25N5O. The minimum atomic E-state index is 0.314. The summed E-state index contributed by atoms with van der Waals surface area (Å²) < 4.78 is 1.98. The Morgan fingerprint density at radius 1 is 1.00 bits per heavy atom. The highest BCUT2D eigenvalue weighted by molar-refractivity contribution is 5.83. The van der Waals surface area contributed by atoms with Crippen molar-refractivity contribution in [2.45, 2.75) is 44.7 Å². The van der Waals surface area contributed by atoms with Crippen molar-refractivity contribution in [3.05, 3.63) is 48.5 Å². The number of amides is 1. The summed E-state index contributed by atoms with van der Waals surface area (Å²) in [7, 11) is 0. The fraction of sp³-hybridized carbons (Fsp3) is 0.435. The van der Waals surface area contributed by atoms with E-state index in [1.165, 1.54) is 5.69 Å². The van der Waals surface area contributed by atoms with Crippen molar-refractivity contribution in [3.63, 3.8) is 0 Å². The summed E-state index contributed by atoms with van der Waals surface area (Å²) in [6.45, 7) is 3.86. The first kappa shape index (κ1) is 17.0. The second-order valence-corrected chi connectivity index (χ2v) is 8.77. The zero-order valence-electron chi connectivity index (χ0n) is 16.7. The monoisotopic (exact) mass is 387 g/mol. The van der Waals surface area contributed by atoms with E-state index in [0.29, 0.717) is 23.9 Å². The molecule has 1 saturated carbocycles. The molecule has 2 saturated heterocycles. The van der Waals surface area contributed by atoms with Crippen molar-refractivity contribution < 1.29 is 4.79 Å². The number of hydrogen-bond acceptors (Lipinski definition) is 4. The van der Waals surface area contributed by atoms with E-state index in [2.05, 4.69) is 44.3 Å². The van der Waals surface area contributed by atoms with Crippen LogP contribution in [-0.2, 0) is 4.79 Å². The van der Waals surface area contributed by atoms with Crippen molar-refractivity contribution in [2.75, 3.05) is 18.0 Å². The molecule has 6 nitrogen and oxygen atoms in total. The second-order valence-electron chi connectivity index (χ2n) is 8.77. The molecular weight excluding hydrogens is 362 g/mol. The van der Waals surface area contributed by atoms with Crippen LogP contribution in [0.2, 0.25) is 0 Å². The highest BCUT2D eigenvalue weighted by Gasteiger charge is 2.46. The molecule has 6 rings (SSSR count). The fourth-order valence-electron chi connectivity index (χ4n) is 5.15. The highest BCUT2D eigenvalue weighted by Crippen LogP contribution is 2.39. The average molecular weight is 387 g/mol. The van der Waals surface area contributed by atoms with Gasteiger partial charge in [0.2, 0.25) is 5.91 Å². The minimum Gasteiger partial charge on any atom is -0.366 e. The van der Waals surface area contributed by atoms with E-state index in [0.717, 1.165) is 61.1 Å². The molecule has 2 atom stereocenters. The SMILES string of the molecule is Cc1cc(-c2cc3c(N4CC5CCC(C4)N5C(=O)C4CC4)ccnn3c2)ccn1. The Labute approximate surface area is 170 Å². The summed E-state index contributed by atoms with van der Waals surface area (Å²) >= 11 is 0. The zero-order chi connectivity index (χ0) is 19.5. The van der Waals surface area contributed by atoms with Crippen LogP contribution < -0.4 is 4.90 Å². The minimum absolute atomic E-state index is 0.314. The Morgan fingerprint density at radius 2 is 1.79 bits per heavy atom. The van der Waals surface area contributed by atoms with E-state index in [9.17, 15) is 4.79 Å². The van der Waals surface area contributed by atoms with E-state index < -0.39 is 0 Å². The molecule has 2 unspecified atom stereocenters. The first-order valence-corrected chi connectivity index (χ1v) is 10.6. The summed E-state index contributed by atoms with van der Waals surface area (Å²) in [5.74, 6) is 0.726. The summed E-state index contributed by atoms with van der Waals surface area (Å²) in [5, 5.41) is 4.54. The second kappa shape index (κ2) is 6.31. The Hall–Kier alpha value is -2.89. The Morgan fingerprint density at radius 3 is 2.52 bits per heavy atom. The van der Waals surface area contributed by atoms with Gasteiger partial charge in [-0.2, -0.15) is 5.10 Å². The molecule has 5 heterocycles. The van der Waals surface area contributed by atoms with Gasteiger partial charge in [-0.25, -0.2) is 4.52 Å². The lowest BCUT2D eigenvalue weighted by Crippen LogP contribution is -2.56. The summed E-state index contributed by atoms with van der Waals surface area (Å²) in [6, 6.07) is 9.20. The number of hydrogen-bond donors (Lipinski definition) is 0. The van der Waals surface area contributed by atoms with E-state index in [-0.39, 0.29) is 0 Å². The lowest BCUT2D eigenvalue weighted by molar-refractivity contribution is -0.135. The van der Waals surface area contributed by atoms with Gasteiger partial charge in [0.1, 0.15) is 0 Å². The topological polar surface area (TPSA) is 53.7 Å². The van der Waals surface area contributed by atoms with Crippen molar-refractivity contribution in [2.24, 2.45) is 5.92 Å². The number of pyridine rings is 1. The Kier molecular flexibility index (Phi) is 3.70. The lowest BCUT2D eigenvalue weighted by atomic mass is 10.1. The molecule has 1 amide bonds. The first-order valence-electron chi connectivity index (χ1n) is 10.6. The van der Waals surface area contributed by atoms with Gasteiger partial charge >= 0.3 is 0 Å². The van der Waals surface area contributed by atoms with Crippen LogP contribution in [0.3, 0.4) is 0 Å². The molecule has 3 aromatic rings. The highest BCUT2D eigenvalue weighted by atomic mass is 16.2. The molecule has 2 bridgehead atoms. The quantitative estimate of drug-likeness (QED) is 0.692. The van der Waals surface area contributed by atoms with Gasteiger partial charge in [-0.3, -0.25) is 9.78 Å². The lowest BCUT2D eigenvalue weighted by Gasteiger charge is -2.42. The predicted molar refractivity (Wildman–Crippen MR) is 112 cm³/mol. The van der Waals surface area contributed by atoms with Gasteiger partial charge in [-0.15, -0.1) is 0 Å². The van der Waals surface area contributed by atoms with E-state index in [4.69, 9.17) is 0 Å². The number of anilines is 1. The molecule has 0 radical (unpaired) electrons. The van der Waals surface area contributed by atoms with Gasteiger partial charge in [0.05, 0.1) is 11.2 Å². The summed E-state index contributed by atoms with van der Waals surface area (Å²) in [4.78, 5) is 21.8. The molecule has 2 aliphatic heterocycles. The Balaban J connectivity index is 1.33. The summed E-state index contributed by atoms with van der Waals surface area (Å²) in [5.41, 5.74) is 5.67. The Bertz CT molecular complexity index is 1090. The van der Waals surface area contributed by atoms with Gasteiger partial charge in [0.15, 0.2) is 0 Å². The van der Waals surface area contributed by atoms with Crippen LogP contribution in [0.1, 0.15) is 31.4 Å². The van der Waals surface area contributed by atoms with E-state index >= 15 is 0 Å². The zero-order valence-corrected chi connectivity index (χ0v) is 16.7. The van der Waals surface area contributed by atoms with Gasteiger partial charge in [-0.1, -0.05) is 0 Å². The fourth-order valence-corrected chi connectivity index (χ4v) is 5.15. The van der Waals surface area contributed by atoms with Crippen LogP contribution in [0.15, 0.2) is 42.9 Å². The van der Waals surface area contributed by atoms with Crippen molar-refractivity contribution in [3.8, 4) is 11.1 Å². The van der Waals surface area contributed by atoms with Gasteiger partial charge in [-0.05, 0) is 62.4 Å². The molecule has 0 aromatic carbocycles. The van der Waals surface area contributed by atoms with Crippen molar-refractivity contribution in [1.82, 2.24) is 19.5 Å². The molecule has 148 valence electrons. The number of fused-ring (bicyclic) bond motifs is 3. The number of aromatic nitrogens is 3. The third kappa shape index (κ3) is 2.81. The molecule has 3 aliphatic rings. The molecule has 6 heteroatoms. The predicted octanol–water partition coefficient (Wildman–Crippen LogP) is 3.29. The number of nitrogens with zero attached hydrogens (tertiary/aromatic N) is 5. The first-order chi connectivity index (χ1) is 14.2. The normalized spacial score (nSPS) is 23.8. The summed E-state index contributed by atoms with van der Waals surface area (Å²) in [6.07, 6.45) is 10.3. The number of carbonyl (C=O) groups is 1. The average Bonchev–Trinajstić information content (AvgIpc) is 3.43. The number of rotatable bonds is 3. The smallest absolute Gasteiger partial charge is 0.226 e. The molecule has 1 aliphatic carbocycles. The number of aryl methyl sites for hydroxylation is 1. The van der Waals surface area contributed by atoms with Crippen LogP contribution in [0.5, 0.6) is 0 Å². The van der Waals surface area contributed by atoms with Crippen LogP contribution in [0.25, 0.3) is 16.6 Å². The van der Waals surface area contributed by atoms with Gasteiger partial charge in [0, 0.05) is 60.9 Å². The van der Waals surface area contributed by atoms with Crippen LogP contribution in [0, 0.1) is 12.8 Å². The third-order valence-corrected chi connectivity index (χ3v) is 6.72. The van der Waals surface area contributed by atoms with E-state index in [1.54, 1.807) is 0 Å². The maximum atomic E-state index is 12.8. The maximum absolute atomic E-state index is 12.8. The number of piperazine rings is 1. The van der Waals surface area contributed by atoms with Gasteiger partial charge in [0.25, 0.3) is 0 Å². The largest absolute Gasteiger partial charge is 0.366 e. The van der Waals surface area contributed by atoms with Crippen molar-refractivity contribution >= 4 is 17.1 Å². The molecule has 3 aromatic heterocycles. The molecule has 0 spiro atoms. The molecule has 3 fully saturated rings. The number of carbonyl (C=O) groups excluding carboxylic acids is 1. The molecule has 0 N–H and O–H groups in total. The van der Waals surface area contributed by atoms with Crippen LogP contribution in [-0.4, -0.2) is 50.6 Å².